The fourth-order valence-corrected chi connectivity index (χ4v) is 4.14. The predicted molar refractivity (Wildman–Crippen MR) is 107 cm³/mol. The minimum atomic E-state index is -1.00. The number of hydrogen-bond acceptors (Lipinski definition) is 8. The quantitative estimate of drug-likeness (QED) is 0.693. The maximum atomic E-state index is 10.7. The Morgan fingerprint density at radius 1 is 1.18 bits per heavy atom. The number of hydrogen-bond donors (Lipinski definition) is 1. The Bertz CT molecular complexity index is 991. The summed E-state index contributed by atoms with van der Waals surface area (Å²) in [4.78, 5) is 21.8. The number of piperazine rings is 1. The number of thiazole rings is 1. The minimum Gasteiger partial charge on any atom is -0.480 e. The van der Waals surface area contributed by atoms with Crippen LogP contribution in [0.15, 0.2) is 24.4 Å². The van der Waals surface area contributed by atoms with Gasteiger partial charge in [-0.3, -0.25) is 4.79 Å². The molecule has 0 unspecified atom stereocenters. The summed E-state index contributed by atoms with van der Waals surface area (Å²) < 4.78 is 0. The molecule has 1 fully saturated rings. The zero-order valence-electron chi connectivity index (χ0n) is 15.7. The van der Waals surface area contributed by atoms with Crippen molar-refractivity contribution in [2.45, 2.75) is 20.4 Å². The van der Waals surface area contributed by atoms with Crippen LogP contribution in [0.3, 0.4) is 0 Å². The first-order chi connectivity index (χ1) is 13.5. The molecule has 0 atom stereocenters. The molecular weight excluding hydrogens is 378 g/mol. The van der Waals surface area contributed by atoms with Gasteiger partial charge in [0, 0.05) is 31.9 Å². The number of nitrogens with zero attached hydrogens (tertiary/aromatic N) is 7. The third-order valence-corrected chi connectivity index (χ3v) is 5.75. The molecule has 1 saturated heterocycles. The predicted octanol–water partition coefficient (Wildman–Crippen LogP) is 1.82. The Labute approximate surface area is 166 Å². The summed E-state index contributed by atoms with van der Waals surface area (Å²) in [6, 6.07) is 6.57. The number of aliphatic carboxylic acids is 1. The van der Waals surface area contributed by atoms with E-state index < -0.39 is 5.97 Å². The van der Waals surface area contributed by atoms with Crippen molar-refractivity contribution >= 4 is 28.1 Å². The molecule has 0 amide bonds. The van der Waals surface area contributed by atoms with Crippen LogP contribution in [0.4, 0.5) is 10.8 Å². The Hall–Kier alpha value is -3.01. The lowest BCUT2D eigenvalue weighted by atomic mass is 10.1. The van der Waals surface area contributed by atoms with Crippen molar-refractivity contribution in [3.8, 4) is 10.7 Å². The van der Waals surface area contributed by atoms with Gasteiger partial charge in [0.05, 0.1) is 11.1 Å². The molecule has 9 nitrogen and oxygen atoms in total. The number of aryl methyl sites for hydroxylation is 2. The monoisotopic (exact) mass is 399 g/mol. The van der Waals surface area contributed by atoms with Crippen LogP contribution in [0.25, 0.3) is 10.7 Å². The van der Waals surface area contributed by atoms with Crippen molar-refractivity contribution in [2.24, 2.45) is 0 Å². The highest BCUT2D eigenvalue weighted by Crippen LogP contribution is 2.30. The maximum Gasteiger partial charge on any atom is 0.327 e. The molecule has 0 radical (unpaired) electrons. The lowest BCUT2D eigenvalue weighted by Gasteiger charge is -2.36. The van der Waals surface area contributed by atoms with Crippen LogP contribution in [-0.4, -0.2) is 62.4 Å². The first-order valence-corrected chi connectivity index (χ1v) is 9.84. The van der Waals surface area contributed by atoms with Crippen LogP contribution in [0.5, 0.6) is 0 Å². The molecule has 1 aromatic carbocycles. The van der Waals surface area contributed by atoms with E-state index in [2.05, 4.69) is 62.2 Å². The fourth-order valence-electron chi connectivity index (χ4n) is 3.24. The van der Waals surface area contributed by atoms with Crippen molar-refractivity contribution < 1.29 is 9.90 Å². The lowest BCUT2D eigenvalue weighted by molar-refractivity contribution is -0.138. The number of carboxylic acids is 1. The van der Waals surface area contributed by atoms with E-state index in [1.54, 1.807) is 6.20 Å². The van der Waals surface area contributed by atoms with Gasteiger partial charge in [0.1, 0.15) is 0 Å². The van der Waals surface area contributed by atoms with Gasteiger partial charge in [0.15, 0.2) is 11.7 Å². The second kappa shape index (κ2) is 7.55. The normalized spacial score (nSPS) is 14.5. The molecule has 0 aliphatic carbocycles. The average molecular weight is 399 g/mol. The van der Waals surface area contributed by atoms with E-state index in [1.165, 1.54) is 28.2 Å². The SMILES string of the molecule is Cc1ccc(C)c(N2CCN(c3ncc(-c4nnn(CC(=O)O)n4)s3)CC2)c1. The number of benzene rings is 1. The van der Waals surface area contributed by atoms with Crippen molar-refractivity contribution in [3.63, 3.8) is 0 Å². The zero-order valence-corrected chi connectivity index (χ0v) is 16.6. The summed E-state index contributed by atoms with van der Waals surface area (Å²) in [6.07, 6.45) is 1.72. The lowest BCUT2D eigenvalue weighted by Crippen LogP contribution is -2.46. The van der Waals surface area contributed by atoms with Crippen molar-refractivity contribution in [1.82, 2.24) is 25.2 Å². The summed E-state index contributed by atoms with van der Waals surface area (Å²) in [7, 11) is 0. The molecule has 1 N–H and O–H groups in total. The molecule has 0 bridgehead atoms. The fraction of sp³-hybridized carbons (Fsp3) is 0.389. The number of tetrazole rings is 1. The van der Waals surface area contributed by atoms with Gasteiger partial charge in [-0.2, -0.15) is 4.80 Å². The minimum absolute atomic E-state index is 0.307. The highest BCUT2D eigenvalue weighted by atomic mass is 32.1. The second-order valence-corrected chi connectivity index (χ2v) is 7.82. The standard InChI is InChI=1S/C18H21N7O2S/c1-12-3-4-13(2)14(9-12)23-5-7-24(8-6-23)18-19-10-15(28-18)17-20-22-25(21-17)11-16(26)27/h3-4,9-10H,5-8,11H2,1-2H3,(H,26,27). The van der Waals surface area contributed by atoms with Crippen LogP contribution in [0.1, 0.15) is 11.1 Å². The molecule has 3 aromatic rings. The molecule has 1 aliphatic rings. The van der Waals surface area contributed by atoms with Gasteiger partial charge in [-0.25, -0.2) is 4.98 Å². The molecule has 4 rings (SSSR count). The van der Waals surface area contributed by atoms with Gasteiger partial charge in [0.2, 0.25) is 5.82 Å². The van der Waals surface area contributed by atoms with Crippen LogP contribution in [0.2, 0.25) is 0 Å². The molecule has 10 heteroatoms. The largest absolute Gasteiger partial charge is 0.480 e. The second-order valence-electron chi connectivity index (χ2n) is 6.81. The van der Waals surface area contributed by atoms with Gasteiger partial charge in [-0.15, -0.1) is 10.2 Å². The summed E-state index contributed by atoms with van der Waals surface area (Å²) in [6.45, 7) is 7.62. The molecular formula is C18H21N7O2S. The van der Waals surface area contributed by atoms with Crippen LogP contribution in [0, 0.1) is 13.8 Å². The van der Waals surface area contributed by atoms with E-state index >= 15 is 0 Å². The zero-order chi connectivity index (χ0) is 19.7. The molecule has 146 valence electrons. The number of carboxylic acid groups (broad SMARTS) is 1. The maximum absolute atomic E-state index is 10.7. The van der Waals surface area contributed by atoms with E-state index in [1.807, 2.05) is 0 Å². The molecule has 3 heterocycles. The van der Waals surface area contributed by atoms with Gasteiger partial charge < -0.3 is 14.9 Å². The Balaban J connectivity index is 1.42. The molecule has 0 saturated carbocycles. The smallest absolute Gasteiger partial charge is 0.327 e. The van der Waals surface area contributed by atoms with Crippen LogP contribution >= 0.6 is 11.3 Å². The van der Waals surface area contributed by atoms with Gasteiger partial charge >= 0.3 is 5.97 Å². The van der Waals surface area contributed by atoms with E-state index in [-0.39, 0.29) is 6.54 Å². The summed E-state index contributed by atoms with van der Waals surface area (Å²) in [5.74, 6) is -0.602. The molecule has 0 spiro atoms. The summed E-state index contributed by atoms with van der Waals surface area (Å²) in [5.41, 5.74) is 3.88. The Morgan fingerprint density at radius 3 is 2.68 bits per heavy atom. The van der Waals surface area contributed by atoms with Crippen molar-refractivity contribution in [1.29, 1.82) is 0 Å². The Morgan fingerprint density at radius 2 is 1.93 bits per heavy atom. The highest BCUT2D eigenvalue weighted by molar-refractivity contribution is 7.18. The first-order valence-electron chi connectivity index (χ1n) is 9.02. The van der Waals surface area contributed by atoms with Gasteiger partial charge in [-0.05, 0) is 36.3 Å². The highest BCUT2D eigenvalue weighted by Gasteiger charge is 2.22. The topological polar surface area (TPSA) is 100 Å². The van der Waals surface area contributed by atoms with Crippen molar-refractivity contribution in [3.05, 3.63) is 35.5 Å². The van der Waals surface area contributed by atoms with Crippen LogP contribution in [-0.2, 0) is 11.3 Å². The summed E-state index contributed by atoms with van der Waals surface area (Å²) in [5, 5.41) is 21.5. The van der Waals surface area contributed by atoms with E-state index in [4.69, 9.17) is 5.11 Å². The molecule has 1 aliphatic heterocycles. The number of rotatable bonds is 5. The molecule has 2 aromatic heterocycles. The van der Waals surface area contributed by atoms with E-state index in [0.717, 1.165) is 41.0 Å². The van der Waals surface area contributed by atoms with Gasteiger partial charge in [0.25, 0.3) is 0 Å². The summed E-state index contributed by atoms with van der Waals surface area (Å²) >= 11 is 1.50. The van der Waals surface area contributed by atoms with Crippen molar-refractivity contribution in [2.75, 3.05) is 36.0 Å². The number of carbonyl (C=O) groups is 1. The number of anilines is 2. The first kappa shape index (κ1) is 18.4. The third kappa shape index (κ3) is 3.81. The van der Waals surface area contributed by atoms with Crippen LogP contribution < -0.4 is 9.80 Å². The number of aromatic nitrogens is 5. The van der Waals surface area contributed by atoms with E-state index in [0.29, 0.717) is 5.82 Å². The van der Waals surface area contributed by atoms with Gasteiger partial charge in [-0.1, -0.05) is 23.5 Å². The third-order valence-electron chi connectivity index (χ3n) is 4.70. The molecule has 28 heavy (non-hydrogen) atoms. The van der Waals surface area contributed by atoms with E-state index in [9.17, 15) is 4.79 Å². The Kier molecular flexibility index (Phi) is 4.95. The average Bonchev–Trinajstić information content (AvgIpc) is 3.33.